The first-order valence-corrected chi connectivity index (χ1v) is 11.0. The zero-order chi connectivity index (χ0) is 17.6. The molecule has 25 heavy (non-hydrogen) atoms. The third-order valence-electron chi connectivity index (χ3n) is 5.50. The number of hydrogen-bond donors (Lipinski definition) is 0. The Morgan fingerprint density at radius 2 is 1.88 bits per heavy atom. The average Bonchev–Trinajstić information content (AvgIpc) is 2.63. The molecule has 0 radical (unpaired) electrons. The van der Waals surface area contributed by atoms with E-state index < -0.39 is 0 Å². The molecule has 0 saturated carbocycles. The predicted molar refractivity (Wildman–Crippen MR) is 108 cm³/mol. The van der Waals surface area contributed by atoms with Crippen LogP contribution in [0, 0.1) is 5.92 Å². The lowest BCUT2D eigenvalue weighted by molar-refractivity contribution is -0.129. The van der Waals surface area contributed by atoms with E-state index in [1.165, 1.54) is 31.2 Å². The van der Waals surface area contributed by atoms with Crippen LogP contribution in [0.2, 0.25) is 5.02 Å². The number of nitrogens with zero attached hydrogens (tertiary/aromatic N) is 2. The van der Waals surface area contributed by atoms with Crippen molar-refractivity contribution in [1.82, 2.24) is 9.80 Å². The van der Waals surface area contributed by atoms with Gasteiger partial charge in [0.05, 0.1) is 5.75 Å². The van der Waals surface area contributed by atoms with Gasteiger partial charge in [0.25, 0.3) is 0 Å². The second kappa shape index (κ2) is 9.29. The van der Waals surface area contributed by atoms with E-state index >= 15 is 0 Å². The van der Waals surface area contributed by atoms with Crippen LogP contribution in [0.25, 0.3) is 0 Å². The third kappa shape index (κ3) is 5.38. The maximum atomic E-state index is 12.4. The van der Waals surface area contributed by atoms with Crippen LogP contribution in [0.3, 0.4) is 0 Å². The van der Waals surface area contributed by atoms with Crippen LogP contribution in [0.1, 0.15) is 37.2 Å². The summed E-state index contributed by atoms with van der Waals surface area (Å²) in [5, 5.41) is 0.801. The third-order valence-corrected chi connectivity index (χ3v) is 6.87. The molecule has 1 amide bonds. The molecule has 3 rings (SSSR count). The van der Waals surface area contributed by atoms with Gasteiger partial charge in [-0.25, -0.2) is 0 Å². The molecule has 0 aromatic heterocycles. The predicted octanol–water partition coefficient (Wildman–Crippen LogP) is 4.12. The molecule has 2 fully saturated rings. The van der Waals surface area contributed by atoms with Gasteiger partial charge in [-0.05, 0) is 74.6 Å². The molecular weight excluding hydrogens is 352 g/mol. The highest BCUT2D eigenvalue weighted by atomic mass is 35.5. The standard InChI is InChI=1S/C20H29ClN2OS/c1-22-12-9-19(16-5-7-18(21)8-6-16)17(13-22)14-25-15-20(24)23-10-3-2-4-11-23/h5-8,17,19H,2-4,9-15H2,1H3/t17-,19-/m1/s1. The van der Waals surface area contributed by atoms with Crippen LogP contribution in [0.4, 0.5) is 0 Å². The number of carbonyl (C=O) groups is 1. The maximum absolute atomic E-state index is 12.4. The topological polar surface area (TPSA) is 23.6 Å². The Morgan fingerprint density at radius 3 is 2.60 bits per heavy atom. The van der Waals surface area contributed by atoms with Crippen molar-refractivity contribution in [2.75, 3.05) is 44.7 Å². The first-order valence-electron chi connectivity index (χ1n) is 9.43. The Labute approximate surface area is 161 Å². The van der Waals surface area contributed by atoms with Crippen molar-refractivity contribution in [3.8, 4) is 0 Å². The van der Waals surface area contributed by atoms with Crippen molar-refractivity contribution < 1.29 is 4.79 Å². The Balaban J connectivity index is 1.54. The summed E-state index contributed by atoms with van der Waals surface area (Å²) in [6, 6.07) is 8.35. The number of amides is 1. The molecule has 2 saturated heterocycles. The maximum Gasteiger partial charge on any atom is 0.232 e. The lowest BCUT2D eigenvalue weighted by Gasteiger charge is -2.37. The molecule has 5 heteroatoms. The van der Waals surface area contributed by atoms with Gasteiger partial charge in [-0.1, -0.05) is 23.7 Å². The molecule has 1 aromatic carbocycles. The summed E-state index contributed by atoms with van der Waals surface area (Å²) in [7, 11) is 2.20. The fraction of sp³-hybridized carbons (Fsp3) is 0.650. The zero-order valence-corrected chi connectivity index (χ0v) is 16.7. The second-order valence-corrected chi connectivity index (χ2v) is 8.89. The van der Waals surface area contributed by atoms with Crippen molar-refractivity contribution in [3.63, 3.8) is 0 Å². The minimum absolute atomic E-state index is 0.330. The molecule has 138 valence electrons. The molecule has 0 unspecified atom stereocenters. The lowest BCUT2D eigenvalue weighted by atomic mass is 9.81. The summed E-state index contributed by atoms with van der Waals surface area (Å²) in [4.78, 5) is 16.8. The van der Waals surface area contributed by atoms with E-state index in [1.54, 1.807) is 0 Å². The van der Waals surface area contributed by atoms with Gasteiger partial charge in [-0.15, -0.1) is 0 Å². The van der Waals surface area contributed by atoms with Crippen molar-refractivity contribution in [3.05, 3.63) is 34.9 Å². The molecule has 3 nitrogen and oxygen atoms in total. The minimum Gasteiger partial charge on any atom is -0.342 e. The smallest absolute Gasteiger partial charge is 0.232 e. The SMILES string of the molecule is CN1CC[C@H](c2ccc(Cl)cc2)[C@@H](CSCC(=O)N2CCCCC2)C1. The van der Waals surface area contributed by atoms with Crippen molar-refractivity contribution in [1.29, 1.82) is 0 Å². The highest BCUT2D eigenvalue weighted by Gasteiger charge is 2.29. The Hall–Kier alpha value is -0.710. The second-order valence-electron chi connectivity index (χ2n) is 7.43. The van der Waals surface area contributed by atoms with E-state index in [-0.39, 0.29) is 0 Å². The largest absolute Gasteiger partial charge is 0.342 e. The number of carbonyl (C=O) groups excluding carboxylic acids is 1. The monoisotopic (exact) mass is 380 g/mol. The molecule has 0 aliphatic carbocycles. The number of halogens is 1. The normalized spacial score (nSPS) is 25.1. The van der Waals surface area contributed by atoms with Crippen LogP contribution in [0.15, 0.2) is 24.3 Å². The van der Waals surface area contributed by atoms with Crippen molar-refractivity contribution >= 4 is 29.3 Å². The van der Waals surface area contributed by atoms with Crippen LogP contribution in [0.5, 0.6) is 0 Å². The Kier molecular flexibility index (Phi) is 7.08. The van der Waals surface area contributed by atoms with E-state index in [2.05, 4.69) is 29.0 Å². The molecule has 1 aromatic rings. The first kappa shape index (κ1) is 19.1. The van der Waals surface area contributed by atoms with Crippen molar-refractivity contribution in [2.45, 2.75) is 31.6 Å². The van der Waals surface area contributed by atoms with Gasteiger partial charge in [0.2, 0.25) is 5.91 Å². The van der Waals surface area contributed by atoms with Crippen LogP contribution in [-0.2, 0) is 4.79 Å². The number of piperidine rings is 2. The molecule has 2 atom stereocenters. The van der Waals surface area contributed by atoms with Gasteiger partial charge in [0, 0.05) is 24.7 Å². The molecule has 0 spiro atoms. The van der Waals surface area contributed by atoms with Gasteiger partial charge in [0.15, 0.2) is 0 Å². The van der Waals surface area contributed by atoms with E-state index in [0.29, 0.717) is 23.5 Å². The Morgan fingerprint density at radius 1 is 1.16 bits per heavy atom. The van der Waals surface area contributed by atoms with E-state index in [4.69, 9.17) is 11.6 Å². The molecule has 0 N–H and O–H groups in total. The fourth-order valence-electron chi connectivity index (χ4n) is 4.06. The summed E-state index contributed by atoms with van der Waals surface area (Å²) in [5.74, 6) is 3.19. The number of benzene rings is 1. The van der Waals surface area contributed by atoms with E-state index in [0.717, 1.165) is 37.0 Å². The van der Waals surface area contributed by atoms with Crippen LogP contribution in [-0.4, -0.2) is 60.4 Å². The van der Waals surface area contributed by atoms with Crippen molar-refractivity contribution in [2.24, 2.45) is 5.92 Å². The number of thioether (sulfide) groups is 1. The first-order chi connectivity index (χ1) is 12.1. The molecule has 0 bridgehead atoms. The van der Waals surface area contributed by atoms with Gasteiger partial charge < -0.3 is 9.80 Å². The van der Waals surface area contributed by atoms with Crippen LogP contribution >= 0.6 is 23.4 Å². The summed E-state index contributed by atoms with van der Waals surface area (Å²) in [6.45, 7) is 4.16. The minimum atomic E-state index is 0.330. The molecule has 2 aliphatic heterocycles. The molecule has 2 heterocycles. The van der Waals surface area contributed by atoms with Gasteiger partial charge in [-0.2, -0.15) is 11.8 Å². The van der Waals surface area contributed by atoms with E-state index in [9.17, 15) is 4.79 Å². The van der Waals surface area contributed by atoms with Gasteiger partial charge in [-0.3, -0.25) is 4.79 Å². The van der Waals surface area contributed by atoms with E-state index in [1.807, 2.05) is 23.9 Å². The summed E-state index contributed by atoms with van der Waals surface area (Å²) in [5.41, 5.74) is 1.39. The summed E-state index contributed by atoms with van der Waals surface area (Å²) in [6.07, 6.45) is 4.79. The number of hydrogen-bond acceptors (Lipinski definition) is 3. The van der Waals surface area contributed by atoms with Gasteiger partial charge in [0.1, 0.15) is 0 Å². The quantitative estimate of drug-likeness (QED) is 0.767. The Bertz CT molecular complexity index is 559. The average molecular weight is 381 g/mol. The number of rotatable bonds is 5. The number of likely N-dealkylation sites (tertiary alicyclic amines) is 2. The molecular formula is C20H29ClN2OS. The van der Waals surface area contributed by atoms with Crippen LogP contribution < -0.4 is 0 Å². The summed E-state index contributed by atoms with van der Waals surface area (Å²) < 4.78 is 0. The lowest BCUT2D eigenvalue weighted by Crippen LogP contribution is -2.39. The zero-order valence-electron chi connectivity index (χ0n) is 15.1. The summed E-state index contributed by atoms with van der Waals surface area (Å²) >= 11 is 7.87. The highest BCUT2D eigenvalue weighted by Crippen LogP contribution is 2.35. The van der Waals surface area contributed by atoms with Gasteiger partial charge >= 0.3 is 0 Å². The highest BCUT2D eigenvalue weighted by molar-refractivity contribution is 7.99. The molecule has 2 aliphatic rings. The fourth-order valence-corrected chi connectivity index (χ4v) is 5.31.